The molecule has 7 heteroatoms. The Morgan fingerprint density at radius 1 is 1.52 bits per heavy atom. The molecule has 116 valence electrons. The molecule has 1 N–H and O–H groups in total. The first kappa shape index (κ1) is 16.3. The lowest BCUT2D eigenvalue weighted by Gasteiger charge is -2.18. The second kappa shape index (κ2) is 6.36. The number of carbonyl (C=O) groups is 1. The molecule has 1 fully saturated rings. The molecule has 1 aliphatic heterocycles. The molecule has 0 saturated carbocycles. The molecule has 0 radical (unpaired) electrons. The fourth-order valence-corrected chi connectivity index (χ4v) is 5.16. The van der Waals surface area contributed by atoms with Crippen molar-refractivity contribution in [1.82, 2.24) is 0 Å². The van der Waals surface area contributed by atoms with Gasteiger partial charge in [-0.1, -0.05) is 6.07 Å². The third-order valence-electron chi connectivity index (χ3n) is 3.83. The lowest BCUT2D eigenvalue weighted by molar-refractivity contribution is -0.143. The summed E-state index contributed by atoms with van der Waals surface area (Å²) in [6.07, 6.45) is 0.745. The smallest absolute Gasteiger partial charge is 0.307 e. The summed E-state index contributed by atoms with van der Waals surface area (Å²) in [5.41, 5.74) is 0.847. The number of rotatable bonds is 5. The molecule has 0 spiro atoms. The van der Waals surface area contributed by atoms with Gasteiger partial charge in [0.25, 0.3) is 0 Å². The topological polar surface area (TPSA) is 80.7 Å². The largest absolute Gasteiger partial charge is 0.496 e. The summed E-state index contributed by atoms with van der Waals surface area (Å²) in [5, 5.41) is 9.40. The Morgan fingerprint density at radius 2 is 2.24 bits per heavy atom. The minimum atomic E-state index is -3.08. The number of methoxy groups -OCH3 is 1. The molecule has 1 heterocycles. The van der Waals surface area contributed by atoms with Gasteiger partial charge in [0.05, 0.1) is 29.0 Å². The molecule has 2 unspecified atom stereocenters. The van der Waals surface area contributed by atoms with Crippen LogP contribution in [0.25, 0.3) is 0 Å². The summed E-state index contributed by atoms with van der Waals surface area (Å²) in [6.45, 7) is 0. The normalized spacial score (nSPS) is 21.9. The molecule has 1 saturated heterocycles. The van der Waals surface area contributed by atoms with Crippen LogP contribution in [0.15, 0.2) is 22.7 Å². The Hall–Kier alpha value is -1.08. The quantitative estimate of drug-likeness (QED) is 0.851. The van der Waals surface area contributed by atoms with Crippen molar-refractivity contribution in [1.29, 1.82) is 0 Å². The monoisotopic (exact) mass is 376 g/mol. The highest BCUT2D eigenvalue weighted by Gasteiger charge is 2.37. The zero-order valence-electron chi connectivity index (χ0n) is 11.6. The highest BCUT2D eigenvalue weighted by molar-refractivity contribution is 9.10. The summed E-state index contributed by atoms with van der Waals surface area (Å²) in [7, 11) is -1.52. The Bertz CT molecular complexity index is 641. The molecule has 2 atom stereocenters. The van der Waals surface area contributed by atoms with Gasteiger partial charge < -0.3 is 9.84 Å². The van der Waals surface area contributed by atoms with Gasteiger partial charge in [0.1, 0.15) is 5.75 Å². The highest BCUT2D eigenvalue weighted by atomic mass is 79.9. The van der Waals surface area contributed by atoms with Crippen LogP contribution < -0.4 is 4.74 Å². The zero-order valence-corrected chi connectivity index (χ0v) is 14.0. The van der Waals surface area contributed by atoms with Crippen molar-refractivity contribution in [2.24, 2.45) is 11.8 Å². The minimum Gasteiger partial charge on any atom is -0.496 e. The first-order valence-corrected chi connectivity index (χ1v) is 9.19. The van der Waals surface area contributed by atoms with E-state index in [1.807, 2.05) is 12.1 Å². The molecular formula is C14H17BrO5S. The van der Waals surface area contributed by atoms with Crippen molar-refractivity contribution >= 4 is 31.7 Å². The van der Waals surface area contributed by atoms with Gasteiger partial charge in [-0.05, 0) is 52.4 Å². The Labute approximate surface area is 132 Å². The number of halogens is 1. The third kappa shape index (κ3) is 3.97. The van der Waals surface area contributed by atoms with Gasteiger partial charge in [-0.3, -0.25) is 4.79 Å². The maximum Gasteiger partial charge on any atom is 0.307 e. The summed E-state index contributed by atoms with van der Waals surface area (Å²) in [6, 6.07) is 5.39. The second-order valence-electron chi connectivity index (χ2n) is 5.28. The van der Waals surface area contributed by atoms with Crippen molar-refractivity contribution in [2.75, 3.05) is 18.6 Å². The van der Waals surface area contributed by atoms with Crippen LogP contribution in [0.1, 0.15) is 12.0 Å². The van der Waals surface area contributed by atoms with Crippen LogP contribution in [0.4, 0.5) is 0 Å². The van der Waals surface area contributed by atoms with E-state index in [1.165, 1.54) is 0 Å². The molecule has 1 aliphatic rings. The van der Waals surface area contributed by atoms with Gasteiger partial charge in [0.15, 0.2) is 9.84 Å². The van der Waals surface area contributed by atoms with E-state index in [4.69, 9.17) is 4.74 Å². The van der Waals surface area contributed by atoms with Gasteiger partial charge in [-0.25, -0.2) is 8.42 Å². The molecule has 21 heavy (non-hydrogen) atoms. The van der Waals surface area contributed by atoms with Crippen LogP contribution in [-0.2, 0) is 21.1 Å². The van der Waals surface area contributed by atoms with Crippen molar-refractivity contribution in [3.05, 3.63) is 28.2 Å². The van der Waals surface area contributed by atoms with Gasteiger partial charge in [0.2, 0.25) is 0 Å². The average molecular weight is 377 g/mol. The SMILES string of the molecule is COc1ccc(CC(C(=O)O)C2CCS(=O)(=O)C2)cc1Br. The number of hydrogen-bond acceptors (Lipinski definition) is 4. The Balaban J connectivity index is 2.17. The number of hydrogen-bond donors (Lipinski definition) is 1. The number of carboxylic acid groups (broad SMARTS) is 1. The van der Waals surface area contributed by atoms with E-state index < -0.39 is 21.7 Å². The highest BCUT2D eigenvalue weighted by Crippen LogP contribution is 2.31. The van der Waals surface area contributed by atoms with Crippen molar-refractivity contribution in [2.45, 2.75) is 12.8 Å². The molecule has 5 nitrogen and oxygen atoms in total. The first-order valence-electron chi connectivity index (χ1n) is 6.58. The summed E-state index contributed by atoms with van der Waals surface area (Å²) in [5.74, 6) is -1.19. The maximum absolute atomic E-state index is 11.5. The van der Waals surface area contributed by atoms with E-state index in [9.17, 15) is 18.3 Å². The average Bonchev–Trinajstić information content (AvgIpc) is 2.76. The third-order valence-corrected chi connectivity index (χ3v) is 6.24. The van der Waals surface area contributed by atoms with Crippen LogP contribution in [0.5, 0.6) is 5.75 Å². The van der Waals surface area contributed by atoms with Gasteiger partial charge in [-0.15, -0.1) is 0 Å². The molecule has 2 rings (SSSR count). The molecule has 1 aromatic rings. The van der Waals surface area contributed by atoms with Crippen LogP contribution in [-0.4, -0.2) is 38.1 Å². The van der Waals surface area contributed by atoms with E-state index in [1.54, 1.807) is 13.2 Å². The van der Waals surface area contributed by atoms with Gasteiger partial charge in [0, 0.05) is 0 Å². The van der Waals surface area contributed by atoms with Crippen LogP contribution in [0, 0.1) is 11.8 Å². The van der Waals surface area contributed by atoms with E-state index in [0.717, 1.165) is 10.0 Å². The predicted molar refractivity (Wildman–Crippen MR) is 82.3 cm³/mol. The van der Waals surface area contributed by atoms with E-state index in [2.05, 4.69) is 15.9 Å². The predicted octanol–water partition coefficient (Wildman–Crippen LogP) is 2.14. The first-order chi connectivity index (χ1) is 9.82. The summed E-state index contributed by atoms with van der Waals surface area (Å²) < 4.78 is 29.0. The molecule has 0 aliphatic carbocycles. The van der Waals surface area contributed by atoms with E-state index in [0.29, 0.717) is 18.6 Å². The molecule has 0 bridgehead atoms. The standard InChI is InChI=1S/C14H17BrO5S/c1-20-13-3-2-9(7-12(13)15)6-11(14(16)17)10-4-5-21(18,19)8-10/h2-3,7,10-11H,4-6,8H2,1H3,(H,16,17). The molecule has 0 aromatic heterocycles. The molecule has 0 amide bonds. The zero-order chi connectivity index (χ0) is 15.6. The van der Waals surface area contributed by atoms with Crippen molar-refractivity contribution in [3.8, 4) is 5.75 Å². The maximum atomic E-state index is 11.5. The van der Waals surface area contributed by atoms with Crippen LogP contribution in [0.3, 0.4) is 0 Å². The number of sulfone groups is 1. The van der Waals surface area contributed by atoms with Crippen molar-refractivity contribution in [3.63, 3.8) is 0 Å². The number of aliphatic carboxylic acids is 1. The van der Waals surface area contributed by atoms with E-state index >= 15 is 0 Å². The number of ether oxygens (including phenoxy) is 1. The van der Waals surface area contributed by atoms with Crippen LogP contribution in [0.2, 0.25) is 0 Å². The number of benzene rings is 1. The van der Waals surface area contributed by atoms with Gasteiger partial charge >= 0.3 is 5.97 Å². The number of carboxylic acids is 1. The molecule has 1 aromatic carbocycles. The minimum absolute atomic E-state index is 0.0265. The summed E-state index contributed by atoms with van der Waals surface area (Å²) >= 11 is 3.37. The molecular weight excluding hydrogens is 360 g/mol. The van der Waals surface area contributed by atoms with Crippen molar-refractivity contribution < 1.29 is 23.1 Å². The van der Waals surface area contributed by atoms with E-state index in [-0.39, 0.29) is 17.4 Å². The summed E-state index contributed by atoms with van der Waals surface area (Å²) in [4.78, 5) is 11.5. The van der Waals surface area contributed by atoms with Gasteiger partial charge in [-0.2, -0.15) is 0 Å². The second-order valence-corrected chi connectivity index (χ2v) is 8.36. The Kier molecular flexibility index (Phi) is 4.93. The lowest BCUT2D eigenvalue weighted by Crippen LogP contribution is -2.26. The fourth-order valence-electron chi connectivity index (χ4n) is 2.69. The Morgan fingerprint density at radius 3 is 2.71 bits per heavy atom. The fraction of sp³-hybridized carbons (Fsp3) is 0.500. The van der Waals surface area contributed by atoms with Crippen LogP contribution >= 0.6 is 15.9 Å². The lowest BCUT2D eigenvalue weighted by atomic mass is 9.86.